The molecule has 3 unspecified atom stereocenters. The van der Waals surface area contributed by atoms with Crippen LogP contribution >= 0.6 is 0 Å². The monoisotopic (exact) mass is 293 g/mol. The molecule has 2 bridgehead atoms. The van der Waals surface area contributed by atoms with Crippen LogP contribution in [0.25, 0.3) is 0 Å². The molecule has 120 valence electrons. The summed E-state index contributed by atoms with van der Waals surface area (Å²) >= 11 is 0. The summed E-state index contributed by atoms with van der Waals surface area (Å²) in [4.78, 5) is 15.0. The number of nitrogens with two attached hydrogens (primary N) is 1. The van der Waals surface area contributed by atoms with Gasteiger partial charge >= 0.3 is 0 Å². The maximum Gasteiger partial charge on any atom is 0.223 e. The van der Waals surface area contributed by atoms with E-state index in [1.54, 1.807) is 0 Å². The second-order valence-corrected chi connectivity index (χ2v) is 7.37. The van der Waals surface area contributed by atoms with Crippen LogP contribution in [0.3, 0.4) is 0 Å². The highest BCUT2D eigenvalue weighted by Crippen LogP contribution is 2.41. The van der Waals surface area contributed by atoms with E-state index in [-0.39, 0.29) is 5.92 Å². The van der Waals surface area contributed by atoms with Gasteiger partial charge < -0.3 is 11.1 Å². The van der Waals surface area contributed by atoms with E-state index >= 15 is 0 Å². The summed E-state index contributed by atoms with van der Waals surface area (Å²) in [5.41, 5.74) is 6.32. The minimum absolute atomic E-state index is 0.219. The molecule has 1 aliphatic heterocycles. The van der Waals surface area contributed by atoms with E-state index in [2.05, 4.69) is 17.1 Å². The number of carbonyl (C=O) groups is 1. The van der Waals surface area contributed by atoms with E-state index in [0.29, 0.717) is 29.8 Å². The predicted octanol–water partition coefficient (Wildman–Crippen LogP) is 1.74. The highest BCUT2D eigenvalue weighted by molar-refractivity contribution is 5.78. The lowest BCUT2D eigenvalue weighted by Crippen LogP contribution is -2.50. The van der Waals surface area contributed by atoms with E-state index in [1.807, 2.05) is 0 Å². The molecule has 0 spiro atoms. The van der Waals surface area contributed by atoms with Gasteiger partial charge in [-0.3, -0.25) is 9.69 Å². The summed E-state index contributed by atoms with van der Waals surface area (Å²) in [7, 11) is 0. The molecule has 3 N–H and O–H groups in total. The molecule has 4 nitrogen and oxygen atoms in total. The molecule has 3 atom stereocenters. The van der Waals surface area contributed by atoms with Crippen LogP contribution in [-0.4, -0.2) is 42.5 Å². The van der Waals surface area contributed by atoms with Gasteiger partial charge in [0, 0.05) is 24.5 Å². The zero-order chi connectivity index (χ0) is 14.8. The van der Waals surface area contributed by atoms with E-state index < -0.39 is 0 Å². The lowest BCUT2D eigenvalue weighted by Gasteiger charge is -2.43. The highest BCUT2D eigenvalue weighted by Gasteiger charge is 2.40. The molecule has 1 saturated heterocycles. The molecular weight excluding hydrogens is 262 g/mol. The number of carbonyl (C=O) groups excluding carboxylic acids is 1. The fourth-order valence-corrected chi connectivity index (χ4v) is 4.91. The third-order valence-corrected chi connectivity index (χ3v) is 6.20. The van der Waals surface area contributed by atoms with Crippen molar-refractivity contribution in [1.82, 2.24) is 10.2 Å². The zero-order valence-corrected chi connectivity index (χ0v) is 13.4. The molecule has 0 radical (unpaired) electrons. The molecule has 3 rings (SSSR count). The number of likely N-dealkylation sites (tertiary alicyclic amines) is 1. The summed E-state index contributed by atoms with van der Waals surface area (Å²) in [5, 5.41) is 3.24. The Bertz CT molecular complexity index is 359. The Hall–Kier alpha value is -0.610. The van der Waals surface area contributed by atoms with Crippen molar-refractivity contribution in [2.75, 3.05) is 19.6 Å². The summed E-state index contributed by atoms with van der Waals surface area (Å²) in [5.74, 6) is 1.69. The molecule has 2 saturated carbocycles. The second-order valence-electron chi connectivity index (χ2n) is 7.37. The van der Waals surface area contributed by atoms with Gasteiger partial charge in [-0.05, 0) is 63.5 Å². The van der Waals surface area contributed by atoms with Gasteiger partial charge in [0.1, 0.15) is 0 Å². The Balaban J connectivity index is 1.49. The van der Waals surface area contributed by atoms with E-state index in [0.717, 1.165) is 25.9 Å². The van der Waals surface area contributed by atoms with Gasteiger partial charge in [0.05, 0.1) is 0 Å². The van der Waals surface area contributed by atoms with Crippen LogP contribution in [0.4, 0.5) is 0 Å². The van der Waals surface area contributed by atoms with Crippen LogP contribution in [0, 0.1) is 17.8 Å². The number of nitrogens with zero attached hydrogens (tertiary/aromatic N) is 1. The normalized spacial score (nSPS) is 40.2. The Morgan fingerprint density at radius 3 is 2.57 bits per heavy atom. The molecule has 3 aliphatic rings. The van der Waals surface area contributed by atoms with E-state index in [4.69, 9.17) is 5.73 Å². The highest BCUT2D eigenvalue weighted by atomic mass is 16.1. The van der Waals surface area contributed by atoms with Gasteiger partial charge in [0.25, 0.3) is 0 Å². The van der Waals surface area contributed by atoms with Crippen molar-refractivity contribution in [2.24, 2.45) is 23.5 Å². The lowest BCUT2D eigenvalue weighted by molar-refractivity contribution is -0.128. The first-order chi connectivity index (χ1) is 10.2. The van der Waals surface area contributed by atoms with Gasteiger partial charge in [-0.1, -0.05) is 13.3 Å². The number of rotatable bonds is 4. The summed E-state index contributed by atoms with van der Waals surface area (Å²) in [6.45, 7) is 5.34. The second kappa shape index (κ2) is 6.66. The average Bonchev–Trinajstić information content (AvgIpc) is 2.92. The van der Waals surface area contributed by atoms with Crippen molar-refractivity contribution in [3.05, 3.63) is 0 Å². The number of nitrogens with one attached hydrogen (secondary N) is 1. The molecule has 3 fully saturated rings. The molecule has 21 heavy (non-hydrogen) atoms. The Morgan fingerprint density at radius 2 is 1.90 bits per heavy atom. The molecule has 1 heterocycles. The number of likely N-dealkylation sites (N-methyl/N-ethyl adjacent to an activating group) is 1. The minimum atomic E-state index is 0.219. The first-order valence-electron chi connectivity index (χ1n) is 8.96. The number of amides is 1. The molecule has 0 aromatic rings. The maximum absolute atomic E-state index is 12.5. The first-order valence-corrected chi connectivity index (χ1v) is 8.96. The SMILES string of the molecule is CCN1CCCC1CNC(=O)C1CC2CCCC(C1)C2N. The molecular formula is C17H31N3O. The standard InChI is InChI=1S/C17H31N3O/c1-2-20-8-4-7-15(20)11-19-17(21)14-9-12-5-3-6-13(10-14)16(12)18/h12-16H,2-11,18H2,1H3,(H,19,21). The molecule has 4 heteroatoms. The third-order valence-electron chi connectivity index (χ3n) is 6.20. The fourth-order valence-electron chi connectivity index (χ4n) is 4.91. The molecule has 2 aliphatic carbocycles. The average molecular weight is 293 g/mol. The van der Waals surface area contributed by atoms with Crippen molar-refractivity contribution >= 4 is 5.91 Å². The first kappa shape index (κ1) is 15.3. The fraction of sp³-hybridized carbons (Fsp3) is 0.941. The van der Waals surface area contributed by atoms with Gasteiger partial charge in [-0.2, -0.15) is 0 Å². The zero-order valence-electron chi connectivity index (χ0n) is 13.4. The molecule has 0 aromatic heterocycles. The van der Waals surface area contributed by atoms with E-state index in [9.17, 15) is 4.79 Å². The van der Waals surface area contributed by atoms with Gasteiger partial charge in [0.15, 0.2) is 0 Å². The largest absolute Gasteiger partial charge is 0.354 e. The van der Waals surface area contributed by atoms with Crippen LogP contribution in [0.1, 0.15) is 51.9 Å². The maximum atomic E-state index is 12.5. The molecule has 1 amide bonds. The Morgan fingerprint density at radius 1 is 1.19 bits per heavy atom. The summed E-state index contributed by atoms with van der Waals surface area (Å²) < 4.78 is 0. The van der Waals surface area contributed by atoms with Gasteiger partial charge in [0.2, 0.25) is 5.91 Å². The van der Waals surface area contributed by atoms with Crippen LogP contribution in [0.2, 0.25) is 0 Å². The topological polar surface area (TPSA) is 58.4 Å². The van der Waals surface area contributed by atoms with Crippen LogP contribution < -0.4 is 11.1 Å². The van der Waals surface area contributed by atoms with Gasteiger partial charge in [-0.25, -0.2) is 0 Å². The number of fused-ring (bicyclic) bond motifs is 2. The number of hydrogen-bond acceptors (Lipinski definition) is 3. The number of hydrogen-bond donors (Lipinski definition) is 2. The van der Waals surface area contributed by atoms with Crippen molar-refractivity contribution in [1.29, 1.82) is 0 Å². The quantitative estimate of drug-likeness (QED) is 0.830. The van der Waals surface area contributed by atoms with E-state index in [1.165, 1.54) is 38.6 Å². The van der Waals surface area contributed by atoms with Crippen molar-refractivity contribution in [3.8, 4) is 0 Å². The van der Waals surface area contributed by atoms with Crippen LogP contribution in [-0.2, 0) is 4.79 Å². The lowest BCUT2D eigenvalue weighted by atomic mass is 9.65. The van der Waals surface area contributed by atoms with Gasteiger partial charge in [-0.15, -0.1) is 0 Å². The minimum Gasteiger partial charge on any atom is -0.354 e. The summed E-state index contributed by atoms with van der Waals surface area (Å²) in [6.07, 6.45) is 8.31. The Kier molecular flexibility index (Phi) is 4.85. The van der Waals surface area contributed by atoms with Crippen molar-refractivity contribution < 1.29 is 4.79 Å². The van der Waals surface area contributed by atoms with Crippen molar-refractivity contribution in [3.63, 3.8) is 0 Å². The smallest absolute Gasteiger partial charge is 0.223 e. The third kappa shape index (κ3) is 3.26. The predicted molar refractivity (Wildman–Crippen MR) is 84.8 cm³/mol. The summed E-state index contributed by atoms with van der Waals surface area (Å²) in [6, 6.07) is 0.914. The van der Waals surface area contributed by atoms with Crippen molar-refractivity contribution in [2.45, 2.75) is 64.0 Å². The van der Waals surface area contributed by atoms with Crippen LogP contribution in [0.15, 0.2) is 0 Å². The Labute approximate surface area is 128 Å². The van der Waals surface area contributed by atoms with Crippen LogP contribution in [0.5, 0.6) is 0 Å². The molecule has 0 aromatic carbocycles.